The van der Waals surface area contributed by atoms with Gasteiger partial charge < -0.3 is 10.2 Å². The van der Waals surface area contributed by atoms with Crippen LogP contribution < -0.4 is 5.32 Å². The van der Waals surface area contributed by atoms with Gasteiger partial charge in [-0.25, -0.2) is 0 Å². The summed E-state index contributed by atoms with van der Waals surface area (Å²) in [6.07, 6.45) is 1.23. The van der Waals surface area contributed by atoms with Gasteiger partial charge in [-0.15, -0.1) is 11.8 Å². The molecule has 178 valence electrons. The minimum atomic E-state index is -0.663. The lowest BCUT2D eigenvalue weighted by Crippen LogP contribution is -2.51. The van der Waals surface area contributed by atoms with Crippen LogP contribution in [0.3, 0.4) is 0 Å². The molecular weight excluding hydrogens is 487 g/mol. The Kier molecular flexibility index (Phi) is 10.3. The van der Waals surface area contributed by atoms with Crippen molar-refractivity contribution in [1.82, 2.24) is 10.2 Å². The van der Waals surface area contributed by atoms with Crippen molar-refractivity contribution in [2.24, 2.45) is 0 Å². The van der Waals surface area contributed by atoms with Crippen LogP contribution >= 0.6 is 35.0 Å². The van der Waals surface area contributed by atoms with Gasteiger partial charge in [0.2, 0.25) is 11.8 Å². The van der Waals surface area contributed by atoms with Crippen LogP contribution in [0, 0.1) is 0 Å². The summed E-state index contributed by atoms with van der Waals surface area (Å²) in [6.45, 7) is 2.80. The van der Waals surface area contributed by atoms with Gasteiger partial charge in [0.1, 0.15) is 6.04 Å². The van der Waals surface area contributed by atoms with Crippen molar-refractivity contribution in [3.8, 4) is 0 Å². The van der Waals surface area contributed by atoms with Crippen molar-refractivity contribution in [2.45, 2.75) is 37.2 Å². The Morgan fingerprint density at radius 3 is 2.29 bits per heavy atom. The standard InChI is InChI=1S/C27H28Cl2N2O2S/c1-2-16-30-27(33)25(17-20-8-4-3-5-9-20)31(18-21-10-6-7-11-24(21)29)26(32)19-34-23-14-12-22(28)13-15-23/h3-15,25H,2,16-19H2,1H3,(H,30,33)/t25-/m1/s1. The predicted octanol–water partition coefficient (Wildman–Crippen LogP) is 6.25. The Balaban J connectivity index is 1.89. The van der Waals surface area contributed by atoms with E-state index in [9.17, 15) is 9.59 Å². The van der Waals surface area contributed by atoms with Gasteiger partial charge in [0.15, 0.2) is 0 Å². The minimum absolute atomic E-state index is 0.132. The zero-order chi connectivity index (χ0) is 24.3. The Labute approximate surface area is 215 Å². The lowest BCUT2D eigenvalue weighted by molar-refractivity contribution is -0.139. The van der Waals surface area contributed by atoms with Crippen molar-refractivity contribution < 1.29 is 9.59 Å². The molecule has 0 aliphatic heterocycles. The normalized spacial score (nSPS) is 11.6. The van der Waals surface area contributed by atoms with Gasteiger partial charge in [-0.2, -0.15) is 0 Å². The highest BCUT2D eigenvalue weighted by Gasteiger charge is 2.30. The van der Waals surface area contributed by atoms with E-state index in [1.54, 1.807) is 23.1 Å². The van der Waals surface area contributed by atoms with Gasteiger partial charge in [-0.05, 0) is 47.9 Å². The highest BCUT2D eigenvalue weighted by Crippen LogP contribution is 2.24. The summed E-state index contributed by atoms with van der Waals surface area (Å²) in [7, 11) is 0. The van der Waals surface area contributed by atoms with E-state index < -0.39 is 6.04 Å². The second kappa shape index (κ2) is 13.4. The number of nitrogens with one attached hydrogen (secondary N) is 1. The molecule has 2 amide bonds. The zero-order valence-electron chi connectivity index (χ0n) is 19.0. The molecule has 1 atom stereocenters. The van der Waals surface area contributed by atoms with Crippen LogP contribution in [0.5, 0.6) is 0 Å². The molecule has 0 saturated carbocycles. The molecule has 0 spiro atoms. The summed E-state index contributed by atoms with van der Waals surface area (Å²) in [5.41, 5.74) is 1.79. The molecule has 0 aliphatic carbocycles. The van der Waals surface area contributed by atoms with E-state index in [0.717, 1.165) is 22.4 Å². The van der Waals surface area contributed by atoms with Gasteiger partial charge in [-0.3, -0.25) is 9.59 Å². The number of hydrogen-bond donors (Lipinski definition) is 1. The summed E-state index contributed by atoms with van der Waals surface area (Å²) in [4.78, 5) is 29.4. The number of benzene rings is 3. The molecule has 0 aliphatic rings. The molecule has 4 nitrogen and oxygen atoms in total. The lowest BCUT2D eigenvalue weighted by Gasteiger charge is -2.31. The second-order valence-corrected chi connectivity index (χ2v) is 9.74. The number of carbonyl (C=O) groups is 2. The maximum Gasteiger partial charge on any atom is 0.243 e. The summed E-state index contributed by atoms with van der Waals surface area (Å²) >= 11 is 13.8. The molecule has 0 fully saturated rings. The molecule has 0 heterocycles. The Morgan fingerprint density at radius 2 is 1.62 bits per heavy atom. The predicted molar refractivity (Wildman–Crippen MR) is 141 cm³/mol. The summed E-state index contributed by atoms with van der Waals surface area (Å²) in [5, 5.41) is 4.19. The smallest absolute Gasteiger partial charge is 0.243 e. The van der Waals surface area contributed by atoms with E-state index in [2.05, 4.69) is 5.32 Å². The molecule has 3 aromatic carbocycles. The van der Waals surface area contributed by atoms with Crippen molar-refractivity contribution in [3.63, 3.8) is 0 Å². The van der Waals surface area contributed by atoms with Crippen LogP contribution in [0.4, 0.5) is 0 Å². The van der Waals surface area contributed by atoms with E-state index >= 15 is 0 Å². The van der Waals surface area contributed by atoms with Gasteiger partial charge in [0.05, 0.1) is 5.75 Å². The van der Waals surface area contributed by atoms with Crippen molar-refractivity contribution in [1.29, 1.82) is 0 Å². The number of amides is 2. The number of rotatable bonds is 11. The number of thioether (sulfide) groups is 1. The molecule has 34 heavy (non-hydrogen) atoms. The molecule has 0 bridgehead atoms. The molecule has 7 heteroatoms. The van der Waals surface area contributed by atoms with Crippen LogP contribution in [0.1, 0.15) is 24.5 Å². The van der Waals surface area contributed by atoms with Gasteiger partial charge in [0.25, 0.3) is 0 Å². The molecule has 0 saturated heterocycles. The number of halogens is 2. The quantitative estimate of drug-likeness (QED) is 0.307. The van der Waals surface area contributed by atoms with E-state index in [-0.39, 0.29) is 24.1 Å². The highest BCUT2D eigenvalue weighted by atomic mass is 35.5. The van der Waals surface area contributed by atoms with Crippen molar-refractivity contribution in [2.75, 3.05) is 12.3 Å². The average Bonchev–Trinajstić information content (AvgIpc) is 2.85. The van der Waals surface area contributed by atoms with Crippen LogP contribution in [-0.4, -0.2) is 35.1 Å². The van der Waals surface area contributed by atoms with E-state index in [1.165, 1.54) is 11.8 Å². The monoisotopic (exact) mass is 514 g/mol. The molecule has 0 radical (unpaired) electrons. The molecule has 0 aromatic heterocycles. The molecule has 1 N–H and O–H groups in total. The first-order valence-electron chi connectivity index (χ1n) is 11.2. The van der Waals surface area contributed by atoms with E-state index in [0.29, 0.717) is 23.0 Å². The fraction of sp³-hybridized carbons (Fsp3) is 0.259. The lowest BCUT2D eigenvalue weighted by atomic mass is 10.0. The van der Waals surface area contributed by atoms with Gasteiger partial charge >= 0.3 is 0 Å². The van der Waals surface area contributed by atoms with E-state index in [1.807, 2.05) is 67.6 Å². The maximum absolute atomic E-state index is 13.6. The Hall–Kier alpha value is -2.47. The summed E-state index contributed by atoms with van der Waals surface area (Å²) < 4.78 is 0. The molecular formula is C27H28Cl2N2O2S. The molecule has 0 unspecified atom stereocenters. The summed E-state index contributed by atoms with van der Waals surface area (Å²) in [6, 6.07) is 23.9. The van der Waals surface area contributed by atoms with Gasteiger partial charge in [0, 0.05) is 34.5 Å². The van der Waals surface area contributed by atoms with Crippen LogP contribution in [0.2, 0.25) is 10.0 Å². The first-order valence-corrected chi connectivity index (χ1v) is 12.9. The third-order valence-electron chi connectivity index (χ3n) is 5.29. The first kappa shape index (κ1) is 26.1. The molecule has 3 rings (SSSR count). The topological polar surface area (TPSA) is 49.4 Å². The second-order valence-electron chi connectivity index (χ2n) is 7.85. The van der Waals surface area contributed by atoms with Crippen LogP contribution in [-0.2, 0) is 22.6 Å². The third-order valence-corrected chi connectivity index (χ3v) is 6.91. The zero-order valence-corrected chi connectivity index (χ0v) is 21.4. The van der Waals surface area contributed by atoms with Gasteiger partial charge in [-0.1, -0.05) is 78.7 Å². The minimum Gasteiger partial charge on any atom is -0.354 e. The van der Waals surface area contributed by atoms with E-state index in [4.69, 9.17) is 23.2 Å². The first-order chi connectivity index (χ1) is 16.5. The number of carbonyl (C=O) groups excluding carboxylic acids is 2. The van der Waals surface area contributed by atoms with Crippen LogP contribution in [0.25, 0.3) is 0 Å². The van der Waals surface area contributed by atoms with Crippen molar-refractivity contribution in [3.05, 3.63) is 100 Å². The highest BCUT2D eigenvalue weighted by molar-refractivity contribution is 8.00. The SMILES string of the molecule is CCCNC(=O)[C@@H](Cc1ccccc1)N(Cc1ccccc1Cl)C(=O)CSc1ccc(Cl)cc1. The largest absolute Gasteiger partial charge is 0.354 e. The fourth-order valence-electron chi connectivity index (χ4n) is 3.49. The number of hydrogen-bond acceptors (Lipinski definition) is 3. The van der Waals surface area contributed by atoms with Crippen molar-refractivity contribution >= 4 is 46.8 Å². The average molecular weight is 516 g/mol. The Morgan fingerprint density at radius 1 is 0.941 bits per heavy atom. The fourth-order valence-corrected chi connectivity index (χ4v) is 4.59. The maximum atomic E-state index is 13.6. The number of nitrogens with zero attached hydrogens (tertiary/aromatic N) is 1. The Bertz CT molecular complexity index is 1080. The third kappa shape index (κ3) is 7.79. The summed E-state index contributed by atoms with van der Waals surface area (Å²) in [5.74, 6) is -0.103. The van der Waals surface area contributed by atoms with Crippen LogP contribution in [0.15, 0.2) is 83.8 Å². The molecule has 3 aromatic rings.